The molecule has 4 nitrogen and oxygen atoms in total. The zero-order chi connectivity index (χ0) is 22.2. The number of aromatic nitrogens is 3. The van der Waals surface area contributed by atoms with Crippen molar-refractivity contribution in [1.29, 1.82) is 0 Å². The molecule has 1 aliphatic rings. The van der Waals surface area contributed by atoms with Crippen molar-refractivity contribution in [3.8, 4) is 28.5 Å². The Morgan fingerprint density at radius 1 is 0.938 bits per heavy atom. The summed E-state index contributed by atoms with van der Waals surface area (Å²) in [5, 5.41) is 6.65. The summed E-state index contributed by atoms with van der Waals surface area (Å²) in [5.74, 6) is 1.92. The number of rotatable bonds is 4. The van der Waals surface area contributed by atoms with Crippen molar-refractivity contribution in [3.63, 3.8) is 0 Å². The minimum atomic E-state index is 0.439. The van der Waals surface area contributed by atoms with E-state index in [2.05, 4.69) is 4.98 Å². The van der Waals surface area contributed by atoms with Crippen LogP contribution in [0.4, 0.5) is 0 Å². The Morgan fingerprint density at radius 3 is 2.38 bits per heavy atom. The number of benzene rings is 2. The molecule has 0 spiro atoms. The minimum Gasteiger partial charge on any atom is -0.440 e. The fourth-order valence-electron chi connectivity index (χ4n) is 4.44. The van der Waals surface area contributed by atoms with Gasteiger partial charge in [-0.2, -0.15) is 5.10 Å². The molecule has 1 saturated carbocycles. The highest BCUT2D eigenvalue weighted by atomic mass is 35.5. The summed E-state index contributed by atoms with van der Waals surface area (Å²) in [6.07, 6.45) is 7.94. The lowest BCUT2D eigenvalue weighted by Crippen LogP contribution is -2.02. The van der Waals surface area contributed by atoms with Gasteiger partial charge in [-0.1, -0.05) is 66.2 Å². The number of nitrogens with zero attached hydrogens (tertiary/aromatic N) is 3. The summed E-state index contributed by atoms with van der Waals surface area (Å²) in [6.45, 7) is 2.02. The van der Waals surface area contributed by atoms with E-state index in [1.165, 1.54) is 19.3 Å². The maximum absolute atomic E-state index is 6.56. The van der Waals surface area contributed by atoms with E-state index < -0.39 is 0 Å². The second-order valence-electron chi connectivity index (χ2n) is 8.24. The summed E-state index contributed by atoms with van der Waals surface area (Å²) >= 11 is 18.8. The predicted octanol–water partition coefficient (Wildman–Crippen LogP) is 8.51. The van der Waals surface area contributed by atoms with Gasteiger partial charge in [-0.25, -0.2) is 9.67 Å². The van der Waals surface area contributed by atoms with Crippen LogP contribution in [0.15, 0.2) is 53.1 Å². The van der Waals surface area contributed by atoms with E-state index in [-0.39, 0.29) is 0 Å². The van der Waals surface area contributed by atoms with Crippen molar-refractivity contribution in [2.45, 2.75) is 44.9 Å². The number of hydrogen-bond acceptors (Lipinski definition) is 3. The minimum absolute atomic E-state index is 0.439. The molecule has 7 heteroatoms. The fourth-order valence-corrected chi connectivity index (χ4v) is 5.06. The maximum atomic E-state index is 6.56. The molecule has 2 heterocycles. The van der Waals surface area contributed by atoms with E-state index in [0.717, 1.165) is 41.1 Å². The van der Waals surface area contributed by atoms with Gasteiger partial charge in [0.25, 0.3) is 0 Å². The van der Waals surface area contributed by atoms with Crippen LogP contribution in [0.3, 0.4) is 0 Å². The van der Waals surface area contributed by atoms with Gasteiger partial charge in [0.2, 0.25) is 5.89 Å². The molecule has 0 unspecified atom stereocenters. The van der Waals surface area contributed by atoms with Crippen LogP contribution >= 0.6 is 34.8 Å². The Bertz CT molecular complexity index is 1250. The molecule has 0 saturated heterocycles. The van der Waals surface area contributed by atoms with Crippen LogP contribution in [0.1, 0.15) is 49.3 Å². The molecular formula is C25H22Cl3N3O. The highest BCUT2D eigenvalue weighted by molar-refractivity contribution is 6.35. The van der Waals surface area contributed by atoms with Gasteiger partial charge < -0.3 is 4.42 Å². The van der Waals surface area contributed by atoms with Crippen LogP contribution in [0.2, 0.25) is 15.1 Å². The molecule has 2 aromatic heterocycles. The van der Waals surface area contributed by atoms with Crippen molar-refractivity contribution in [1.82, 2.24) is 14.8 Å². The zero-order valence-electron chi connectivity index (χ0n) is 17.6. The third-order valence-electron chi connectivity index (χ3n) is 6.11. The quantitative estimate of drug-likeness (QED) is 0.290. The molecule has 2 aromatic carbocycles. The normalized spacial score (nSPS) is 14.8. The first-order chi connectivity index (χ1) is 15.5. The van der Waals surface area contributed by atoms with Gasteiger partial charge in [-0.05, 0) is 50.1 Å². The van der Waals surface area contributed by atoms with Gasteiger partial charge in [0.1, 0.15) is 5.76 Å². The van der Waals surface area contributed by atoms with Gasteiger partial charge in [-0.15, -0.1) is 0 Å². The van der Waals surface area contributed by atoms with E-state index in [1.807, 2.05) is 48.1 Å². The monoisotopic (exact) mass is 485 g/mol. The highest BCUT2D eigenvalue weighted by Gasteiger charge is 2.25. The summed E-state index contributed by atoms with van der Waals surface area (Å²) in [7, 11) is 0. The summed E-state index contributed by atoms with van der Waals surface area (Å²) < 4.78 is 8.07. The van der Waals surface area contributed by atoms with Crippen molar-refractivity contribution >= 4 is 34.8 Å². The van der Waals surface area contributed by atoms with Crippen LogP contribution in [0.25, 0.3) is 28.5 Å². The Kier molecular flexibility index (Phi) is 6.02. The Labute approximate surface area is 202 Å². The molecule has 1 aliphatic carbocycles. The van der Waals surface area contributed by atoms with Crippen LogP contribution in [-0.4, -0.2) is 14.8 Å². The lowest BCUT2D eigenvalue weighted by atomic mass is 9.88. The molecule has 0 N–H and O–H groups in total. The molecule has 0 amide bonds. The topological polar surface area (TPSA) is 43.9 Å². The molecule has 0 bridgehead atoms. The summed E-state index contributed by atoms with van der Waals surface area (Å²) in [5.41, 5.74) is 4.25. The van der Waals surface area contributed by atoms with Crippen molar-refractivity contribution in [2.75, 3.05) is 0 Å². The number of hydrogen-bond donors (Lipinski definition) is 0. The van der Waals surface area contributed by atoms with E-state index in [1.54, 1.807) is 12.1 Å². The summed E-state index contributed by atoms with van der Waals surface area (Å²) in [6, 6.07) is 13.1. The van der Waals surface area contributed by atoms with E-state index >= 15 is 0 Å². The van der Waals surface area contributed by atoms with Crippen molar-refractivity contribution < 1.29 is 4.42 Å². The van der Waals surface area contributed by atoms with Gasteiger partial charge in [-0.3, -0.25) is 0 Å². The zero-order valence-corrected chi connectivity index (χ0v) is 19.9. The van der Waals surface area contributed by atoms with Crippen LogP contribution in [0, 0.1) is 6.92 Å². The molecule has 5 rings (SSSR count). The van der Waals surface area contributed by atoms with Gasteiger partial charge >= 0.3 is 0 Å². The van der Waals surface area contributed by atoms with Gasteiger partial charge in [0.15, 0.2) is 5.69 Å². The second-order valence-corrected chi connectivity index (χ2v) is 9.52. The molecular weight excluding hydrogens is 465 g/mol. The second kappa shape index (κ2) is 8.93. The predicted molar refractivity (Wildman–Crippen MR) is 130 cm³/mol. The molecule has 32 heavy (non-hydrogen) atoms. The van der Waals surface area contributed by atoms with Crippen LogP contribution in [0.5, 0.6) is 0 Å². The van der Waals surface area contributed by atoms with Gasteiger partial charge in [0.05, 0.1) is 22.6 Å². The van der Waals surface area contributed by atoms with E-state index in [9.17, 15) is 0 Å². The van der Waals surface area contributed by atoms with Gasteiger partial charge in [0, 0.05) is 27.1 Å². The Balaban J connectivity index is 1.64. The number of oxazole rings is 1. The van der Waals surface area contributed by atoms with E-state index in [4.69, 9.17) is 44.3 Å². The SMILES string of the molecule is Cc1c(-c2ncc(C3CCCCC3)o2)nn(-c2ccc(Cl)cc2Cl)c1-c1ccc(Cl)cc1. The lowest BCUT2D eigenvalue weighted by molar-refractivity contribution is 0.377. The maximum Gasteiger partial charge on any atom is 0.247 e. The molecule has 4 aromatic rings. The first-order valence-electron chi connectivity index (χ1n) is 10.8. The average molecular weight is 487 g/mol. The number of halogens is 3. The first-order valence-corrected chi connectivity index (χ1v) is 11.9. The average Bonchev–Trinajstić information content (AvgIpc) is 3.40. The summed E-state index contributed by atoms with van der Waals surface area (Å²) in [4.78, 5) is 4.60. The first kappa shape index (κ1) is 21.6. The molecule has 0 aliphatic heterocycles. The lowest BCUT2D eigenvalue weighted by Gasteiger charge is -2.18. The molecule has 1 fully saturated rings. The van der Waals surface area contributed by atoms with E-state index in [0.29, 0.717) is 32.6 Å². The fraction of sp³-hybridized carbons (Fsp3) is 0.280. The highest BCUT2D eigenvalue weighted by Crippen LogP contribution is 2.38. The van der Waals surface area contributed by atoms with Crippen molar-refractivity contribution in [3.05, 3.63) is 75.1 Å². The van der Waals surface area contributed by atoms with Crippen LogP contribution < -0.4 is 0 Å². The molecule has 0 atom stereocenters. The Morgan fingerprint density at radius 2 is 1.66 bits per heavy atom. The third-order valence-corrected chi connectivity index (χ3v) is 6.90. The molecule has 164 valence electrons. The van der Waals surface area contributed by atoms with Crippen molar-refractivity contribution in [2.24, 2.45) is 0 Å². The van der Waals surface area contributed by atoms with Crippen LogP contribution in [-0.2, 0) is 0 Å². The standard InChI is InChI=1S/C25H22Cl3N3O/c1-15-23(25-29-14-22(32-25)16-5-3-2-4-6-16)30-31(21-12-11-19(27)13-20(21)28)24(15)17-7-9-18(26)10-8-17/h7-14,16H,2-6H2,1H3. The smallest absolute Gasteiger partial charge is 0.247 e. The Hall–Kier alpha value is -2.27. The third kappa shape index (κ3) is 4.07. The molecule has 0 radical (unpaired) electrons. The largest absolute Gasteiger partial charge is 0.440 e.